The first-order valence-corrected chi connectivity index (χ1v) is 8.22. The molecule has 126 valence electrons. The smallest absolute Gasteiger partial charge is 0.273 e. The Morgan fingerprint density at radius 3 is 2.96 bits per heavy atom. The Kier molecular flexibility index (Phi) is 4.80. The van der Waals surface area contributed by atoms with Gasteiger partial charge in [-0.2, -0.15) is 9.47 Å². The third-order valence-electron chi connectivity index (χ3n) is 3.55. The van der Waals surface area contributed by atoms with Crippen LogP contribution in [0, 0.1) is 17.0 Å². The second-order valence-corrected chi connectivity index (χ2v) is 6.22. The molecule has 0 aliphatic carbocycles. The number of amides is 1. The van der Waals surface area contributed by atoms with Gasteiger partial charge in [-0.1, -0.05) is 23.8 Å². The summed E-state index contributed by atoms with van der Waals surface area (Å²) in [5.74, 6) is -0.330. The van der Waals surface area contributed by atoms with Gasteiger partial charge in [0, 0.05) is 11.5 Å². The van der Waals surface area contributed by atoms with Crippen molar-refractivity contribution in [2.45, 2.75) is 13.3 Å². The Morgan fingerprint density at radius 1 is 1.36 bits per heavy atom. The third kappa shape index (κ3) is 3.86. The molecule has 1 heterocycles. The molecule has 1 amide bonds. The van der Waals surface area contributed by atoms with Crippen LogP contribution in [-0.2, 0) is 11.2 Å². The molecule has 8 heteroatoms. The molecule has 3 rings (SSSR count). The zero-order valence-corrected chi connectivity index (χ0v) is 14.1. The average molecular weight is 354 g/mol. The molecule has 2 aromatic carbocycles. The summed E-state index contributed by atoms with van der Waals surface area (Å²) in [6.45, 7) is 1.98. The summed E-state index contributed by atoms with van der Waals surface area (Å²) in [7, 11) is 0. The third-order valence-corrected chi connectivity index (χ3v) is 4.42. The van der Waals surface area contributed by atoms with E-state index in [4.69, 9.17) is 0 Å². The minimum Gasteiger partial charge on any atom is -0.273 e. The number of hydrazone groups is 1. The van der Waals surface area contributed by atoms with Crippen molar-refractivity contribution in [1.29, 1.82) is 0 Å². The Hall–Kier alpha value is -3.13. The summed E-state index contributed by atoms with van der Waals surface area (Å²) < 4.78 is 5.34. The number of carbonyl (C=O) groups is 1. The normalized spacial score (nSPS) is 11.1. The van der Waals surface area contributed by atoms with Crippen LogP contribution < -0.4 is 5.43 Å². The number of hydrogen-bond donors (Lipinski definition) is 1. The molecule has 1 N–H and O–H groups in total. The Morgan fingerprint density at radius 2 is 2.16 bits per heavy atom. The van der Waals surface area contributed by atoms with Crippen LogP contribution in [-0.4, -0.2) is 21.4 Å². The van der Waals surface area contributed by atoms with Crippen LogP contribution in [0.15, 0.2) is 47.6 Å². The zero-order chi connectivity index (χ0) is 17.8. The standard InChI is InChI=1S/C17H14N4O3S/c1-11-6-7-16-13(8-11)14(20-25-16)9-17(22)19-18-10-12-4-2-3-5-15(12)21(23)24/h2-8,10H,9H2,1H3,(H,19,22)/b18-10+. The Balaban J connectivity index is 1.69. The van der Waals surface area contributed by atoms with Crippen LogP contribution in [0.4, 0.5) is 5.69 Å². The van der Waals surface area contributed by atoms with Gasteiger partial charge in [-0.3, -0.25) is 14.9 Å². The molecule has 3 aromatic rings. The molecule has 25 heavy (non-hydrogen) atoms. The number of carbonyl (C=O) groups excluding carboxylic acids is 1. The summed E-state index contributed by atoms with van der Waals surface area (Å²) >= 11 is 1.35. The number of nitro groups is 1. The number of para-hydroxylation sites is 1. The molecular weight excluding hydrogens is 340 g/mol. The fourth-order valence-electron chi connectivity index (χ4n) is 2.36. The molecule has 1 aromatic heterocycles. The van der Waals surface area contributed by atoms with Crippen molar-refractivity contribution < 1.29 is 9.72 Å². The molecule has 0 spiro atoms. The molecule has 7 nitrogen and oxygen atoms in total. The quantitative estimate of drug-likeness (QED) is 0.432. The first-order chi connectivity index (χ1) is 12.0. The monoisotopic (exact) mass is 354 g/mol. The van der Waals surface area contributed by atoms with Gasteiger partial charge in [0.1, 0.15) is 0 Å². The number of nitrogens with one attached hydrogen (secondary N) is 1. The van der Waals surface area contributed by atoms with E-state index in [1.807, 2.05) is 25.1 Å². The SMILES string of the molecule is Cc1ccc2snc(CC(=O)N/N=C/c3ccccc3[N+](=O)[O-])c2c1. The van der Waals surface area contributed by atoms with E-state index in [1.54, 1.807) is 18.2 Å². The fourth-order valence-corrected chi connectivity index (χ4v) is 3.13. The van der Waals surface area contributed by atoms with Gasteiger partial charge in [0.2, 0.25) is 5.91 Å². The van der Waals surface area contributed by atoms with E-state index in [2.05, 4.69) is 14.9 Å². The maximum Gasteiger partial charge on any atom is 0.278 e. The number of rotatable bonds is 5. The molecule has 0 aliphatic rings. The molecule has 0 unspecified atom stereocenters. The van der Waals surface area contributed by atoms with Crippen LogP contribution in [0.1, 0.15) is 16.8 Å². The average Bonchev–Trinajstić information content (AvgIpc) is 2.97. The van der Waals surface area contributed by atoms with E-state index < -0.39 is 4.92 Å². The van der Waals surface area contributed by atoms with Crippen LogP contribution in [0.5, 0.6) is 0 Å². The highest BCUT2D eigenvalue weighted by atomic mass is 32.1. The minimum atomic E-state index is -0.493. The van der Waals surface area contributed by atoms with Gasteiger partial charge < -0.3 is 0 Å². The summed E-state index contributed by atoms with van der Waals surface area (Å²) in [5, 5.41) is 15.7. The molecule has 0 atom stereocenters. The van der Waals surface area contributed by atoms with E-state index >= 15 is 0 Å². The van der Waals surface area contributed by atoms with Crippen molar-refractivity contribution in [3.8, 4) is 0 Å². The summed E-state index contributed by atoms with van der Waals surface area (Å²) in [4.78, 5) is 22.5. The van der Waals surface area contributed by atoms with Gasteiger partial charge in [0.15, 0.2) is 0 Å². The number of aryl methyl sites for hydroxylation is 1. The van der Waals surface area contributed by atoms with Crippen molar-refractivity contribution in [2.24, 2.45) is 5.10 Å². The molecule has 0 saturated heterocycles. The Bertz CT molecular complexity index is 981. The number of nitrogens with zero attached hydrogens (tertiary/aromatic N) is 3. The van der Waals surface area contributed by atoms with Crippen molar-refractivity contribution in [1.82, 2.24) is 9.80 Å². The molecule has 0 radical (unpaired) electrons. The van der Waals surface area contributed by atoms with E-state index in [-0.39, 0.29) is 18.0 Å². The first kappa shape index (κ1) is 16.7. The van der Waals surface area contributed by atoms with Gasteiger partial charge in [0.25, 0.3) is 5.69 Å². The van der Waals surface area contributed by atoms with Gasteiger partial charge in [-0.15, -0.1) is 0 Å². The van der Waals surface area contributed by atoms with E-state index in [9.17, 15) is 14.9 Å². The Labute approximate surface area is 147 Å². The molecule has 0 bridgehead atoms. The largest absolute Gasteiger partial charge is 0.278 e. The van der Waals surface area contributed by atoms with Crippen molar-refractivity contribution in [3.05, 3.63) is 69.4 Å². The predicted molar refractivity (Wildman–Crippen MR) is 96.9 cm³/mol. The van der Waals surface area contributed by atoms with Gasteiger partial charge in [0.05, 0.1) is 33.5 Å². The van der Waals surface area contributed by atoms with Crippen LogP contribution >= 0.6 is 11.5 Å². The number of hydrogen-bond acceptors (Lipinski definition) is 6. The highest BCUT2D eigenvalue weighted by Crippen LogP contribution is 2.24. The summed E-state index contributed by atoms with van der Waals surface area (Å²) in [6.07, 6.45) is 1.36. The second kappa shape index (κ2) is 7.18. The highest BCUT2D eigenvalue weighted by Gasteiger charge is 2.12. The fraction of sp³-hybridized carbons (Fsp3) is 0.118. The highest BCUT2D eigenvalue weighted by molar-refractivity contribution is 7.13. The molecular formula is C17H14N4O3S. The number of fused-ring (bicyclic) bond motifs is 1. The van der Waals surface area contributed by atoms with Gasteiger partial charge in [-0.25, -0.2) is 5.43 Å². The lowest BCUT2D eigenvalue weighted by molar-refractivity contribution is -0.385. The van der Waals surface area contributed by atoms with E-state index in [1.165, 1.54) is 23.8 Å². The summed E-state index contributed by atoms with van der Waals surface area (Å²) in [5.41, 5.74) is 4.44. The lowest BCUT2D eigenvalue weighted by Crippen LogP contribution is -2.20. The van der Waals surface area contributed by atoms with Gasteiger partial charge in [-0.05, 0) is 36.7 Å². The molecule has 0 fully saturated rings. The lowest BCUT2D eigenvalue weighted by Gasteiger charge is -2.00. The van der Waals surface area contributed by atoms with Crippen LogP contribution in [0.2, 0.25) is 0 Å². The van der Waals surface area contributed by atoms with Gasteiger partial charge >= 0.3 is 0 Å². The maximum absolute atomic E-state index is 12.1. The van der Waals surface area contributed by atoms with Crippen molar-refractivity contribution in [3.63, 3.8) is 0 Å². The minimum absolute atomic E-state index is 0.0681. The van der Waals surface area contributed by atoms with Crippen molar-refractivity contribution in [2.75, 3.05) is 0 Å². The van der Waals surface area contributed by atoms with E-state index in [0.717, 1.165) is 15.6 Å². The maximum atomic E-state index is 12.1. The predicted octanol–water partition coefficient (Wildman–Crippen LogP) is 3.21. The molecule has 0 saturated carbocycles. The zero-order valence-electron chi connectivity index (χ0n) is 13.3. The number of benzene rings is 2. The number of nitro benzene ring substituents is 1. The van der Waals surface area contributed by atoms with Crippen LogP contribution in [0.3, 0.4) is 0 Å². The first-order valence-electron chi connectivity index (χ1n) is 7.45. The lowest BCUT2D eigenvalue weighted by atomic mass is 10.1. The van der Waals surface area contributed by atoms with Crippen molar-refractivity contribution >= 4 is 39.4 Å². The van der Waals surface area contributed by atoms with E-state index in [0.29, 0.717) is 11.3 Å². The molecule has 0 aliphatic heterocycles. The van der Waals surface area contributed by atoms with Crippen LogP contribution in [0.25, 0.3) is 10.1 Å². The number of aromatic nitrogens is 1. The second-order valence-electron chi connectivity index (χ2n) is 5.41. The summed E-state index contributed by atoms with van der Waals surface area (Å²) in [6, 6.07) is 12.2. The topological polar surface area (TPSA) is 97.5 Å².